The van der Waals surface area contributed by atoms with Crippen LogP contribution < -0.4 is 0 Å². The van der Waals surface area contributed by atoms with Crippen LogP contribution >= 0.6 is 22.5 Å². The Kier molecular flexibility index (Phi) is 13.3. The van der Waals surface area contributed by atoms with Crippen molar-refractivity contribution in [1.82, 2.24) is 0 Å². The number of carbonyl (C=O) groups is 1. The van der Waals surface area contributed by atoms with Crippen LogP contribution in [-0.2, 0) is 14.3 Å². The fraction of sp³-hybridized carbons (Fsp3) is 0.824. The van der Waals surface area contributed by atoms with E-state index in [1.807, 2.05) is 6.08 Å². The molecule has 0 saturated heterocycles. The van der Waals surface area contributed by atoms with E-state index in [9.17, 15) is 4.79 Å². The first-order valence-electron chi connectivity index (χ1n) is 8.46. The number of ether oxygens (including phenoxy) is 2. The molecule has 22 heavy (non-hydrogen) atoms. The monoisotopic (exact) mass is 346 g/mol. The molecule has 0 aromatic carbocycles. The predicted octanol–water partition coefficient (Wildman–Crippen LogP) is 4.62. The zero-order valence-corrected chi connectivity index (χ0v) is 15.2. The molecule has 0 aliphatic heterocycles. The third-order valence-electron chi connectivity index (χ3n) is 3.90. The van der Waals surface area contributed by atoms with Gasteiger partial charge in [-0.1, -0.05) is 42.6 Å². The number of aldehydes is 1. The maximum absolute atomic E-state index is 10.6. The van der Waals surface area contributed by atoms with Crippen LogP contribution in [0.2, 0.25) is 0 Å². The summed E-state index contributed by atoms with van der Waals surface area (Å²) in [6, 6.07) is 0. The summed E-state index contributed by atoms with van der Waals surface area (Å²) in [6.45, 7) is 2.19. The van der Waals surface area contributed by atoms with Crippen LogP contribution in [0.5, 0.6) is 0 Å². The standard InChI is InChI=1S/C17H30O3S2/c18-15-16-7-9-17(10-8-16)20-13-12-19-11-5-3-1-2-4-6-14-22-21/h7,15,17,21H,1-6,8-14H2. The molecule has 1 rings (SSSR count). The summed E-state index contributed by atoms with van der Waals surface area (Å²) in [5, 5.41) is 0. The van der Waals surface area contributed by atoms with Crippen molar-refractivity contribution in [1.29, 1.82) is 0 Å². The largest absolute Gasteiger partial charge is 0.379 e. The Morgan fingerprint density at radius 1 is 1.14 bits per heavy atom. The lowest BCUT2D eigenvalue weighted by atomic mass is 9.98. The minimum absolute atomic E-state index is 0.266. The van der Waals surface area contributed by atoms with E-state index in [0.29, 0.717) is 13.2 Å². The normalized spacial score (nSPS) is 18.2. The first-order chi connectivity index (χ1) is 10.9. The van der Waals surface area contributed by atoms with Gasteiger partial charge in [-0.25, -0.2) is 0 Å². The van der Waals surface area contributed by atoms with Crippen molar-refractivity contribution < 1.29 is 14.3 Å². The van der Waals surface area contributed by atoms with Crippen molar-refractivity contribution in [2.45, 2.75) is 63.9 Å². The fourth-order valence-corrected chi connectivity index (χ4v) is 3.26. The Balaban J connectivity index is 1.79. The zero-order chi connectivity index (χ0) is 15.9. The van der Waals surface area contributed by atoms with Gasteiger partial charge < -0.3 is 9.47 Å². The molecule has 1 unspecified atom stereocenters. The summed E-state index contributed by atoms with van der Waals surface area (Å²) < 4.78 is 11.4. The molecule has 128 valence electrons. The molecule has 1 aliphatic carbocycles. The molecule has 3 nitrogen and oxygen atoms in total. The lowest BCUT2D eigenvalue weighted by molar-refractivity contribution is -0.105. The van der Waals surface area contributed by atoms with E-state index in [1.54, 1.807) is 10.8 Å². The molecule has 5 heteroatoms. The van der Waals surface area contributed by atoms with Gasteiger partial charge in [0.25, 0.3) is 0 Å². The minimum atomic E-state index is 0.266. The lowest BCUT2D eigenvalue weighted by Gasteiger charge is -2.20. The molecule has 0 bridgehead atoms. The molecule has 0 aromatic heterocycles. The Morgan fingerprint density at radius 2 is 1.91 bits per heavy atom. The molecule has 1 aliphatic rings. The van der Waals surface area contributed by atoms with E-state index in [1.165, 1.54) is 37.9 Å². The average Bonchev–Trinajstić information content (AvgIpc) is 2.56. The Labute approximate surface area is 144 Å². The molecule has 0 aromatic rings. The topological polar surface area (TPSA) is 35.5 Å². The highest BCUT2D eigenvalue weighted by atomic mass is 33.1. The SMILES string of the molecule is O=CC1=CCC(OCCOCCCCCCCCSS)CC1. The van der Waals surface area contributed by atoms with Crippen LogP contribution in [0.4, 0.5) is 0 Å². The molecule has 0 radical (unpaired) electrons. The third-order valence-corrected chi connectivity index (χ3v) is 4.92. The van der Waals surface area contributed by atoms with Crippen LogP contribution in [0.3, 0.4) is 0 Å². The van der Waals surface area contributed by atoms with Gasteiger partial charge in [0.05, 0.1) is 19.3 Å². The summed E-state index contributed by atoms with van der Waals surface area (Å²) in [6.07, 6.45) is 13.5. The van der Waals surface area contributed by atoms with Crippen LogP contribution in [0.1, 0.15) is 57.8 Å². The molecule has 0 amide bonds. The molecule has 0 heterocycles. The van der Waals surface area contributed by atoms with Gasteiger partial charge in [0.2, 0.25) is 0 Å². The second-order valence-corrected chi connectivity index (χ2v) is 7.17. The van der Waals surface area contributed by atoms with Crippen molar-refractivity contribution >= 4 is 28.7 Å². The number of thiol groups is 1. The van der Waals surface area contributed by atoms with E-state index >= 15 is 0 Å². The van der Waals surface area contributed by atoms with Gasteiger partial charge in [0.15, 0.2) is 0 Å². The van der Waals surface area contributed by atoms with E-state index < -0.39 is 0 Å². The number of hydrogen-bond acceptors (Lipinski definition) is 5. The molecular weight excluding hydrogens is 316 g/mol. The van der Waals surface area contributed by atoms with Gasteiger partial charge in [-0.3, -0.25) is 4.79 Å². The van der Waals surface area contributed by atoms with Crippen LogP contribution in [0.25, 0.3) is 0 Å². The third kappa shape index (κ3) is 10.7. The van der Waals surface area contributed by atoms with Gasteiger partial charge in [0, 0.05) is 12.4 Å². The van der Waals surface area contributed by atoms with Crippen LogP contribution in [0.15, 0.2) is 11.6 Å². The summed E-state index contributed by atoms with van der Waals surface area (Å²) in [5.74, 6) is 1.17. The van der Waals surface area contributed by atoms with Gasteiger partial charge in [-0.05, 0) is 37.7 Å². The van der Waals surface area contributed by atoms with Crippen molar-refractivity contribution in [2.75, 3.05) is 25.6 Å². The summed E-state index contributed by atoms with van der Waals surface area (Å²) >= 11 is 4.13. The van der Waals surface area contributed by atoms with Crippen molar-refractivity contribution in [3.05, 3.63) is 11.6 Å². The van der Waals surface area contributed by atoms with Gasteiger partial charge in [0.1, 0.15) is 6.29 Å². The zero-order valence-electron chi connectivity index (χ0n) is 13.5. The predicted molar refractivity (Wildman–Crippen MR) is 97.7 cm³/mol. The summed E-state index contributed by atoms with van der Waals surface area (Å²) in [4.78, 5) is 10.6. The Hall–Kier alpha value is 0.0300. The van der Waals surface area contributed by atoms with Crippen molar-refractivity contribution in [2.24, 2.45) is 0 Å². The molecular formula is C17H30O3S2. The van der Waals surface area contributed by atoms with E-state index in [-0.39, 0.29) is 6.10 Å². The maximum atomic E-state index is 10.6. The fourth-order valence-electron chi connectivity index (χ4n) is 2.54. The second-order valence-electron chi connectivity index (χ2n) is 5.73. The maximum Gasteiger partial charge on any atom is 0.145 e. The van der Waals surface area contributed by atoms with Gasteiger partial charge in [-0.2, -0.15) is 0 Å². The van der Waals surface area contributed by atoms with Gasteiger partial charge in [-0.15, -0.1) is 11.7 Å². The molecule has 0 fully saturated rings. The number of allylic oxidation sites excluding steroid dienone is 1. The Bertz CT molecular complexity index is 308. The first-order valence-corrected chi connectivity index (χ1v) is 10.5. The summed E-state index contributed by atoms with van der Waals surface area (Å²) in [5.41, 5.74) is 0.917. The quantitative estimate of drug-likeness (QED) is 0.215. The van der Waals surface area contributed by atoms with Crippen LogP contribution in [-0.4, -0.2) is 38.0 Å². The van der Waals surface area contributed by atoms with E-state index in [2.05, 4.69) is 11.7 Å². The number of rotatable bonds is 14. The summed E-state index contributed by atoms with van der Waals surface area (Å²) in [7, 11) is 1.64. The molecule has 0 N–H and O–H groups in total. The molecule has 1 atom stereocenters. The number of unbranched alkanes of at least 4 members (excludes halogenated alkanes) is 5. The molecule has 0 saturated carbocycles. The highest BCUT2D eigenvalue weighted by Gasteiger charge is 2.13. The van der Waals surface area contributed by atoms with E-state index in [0.717, 1.165) is 44.1 Å². The highest BCUT2D eigenvalue weighted by molar-refractivity contribution is 8.68. The second kappa shape index (κ2) is 14.6. The van der Waals surface area contributed by atoms with Gasteiger partial charge >= 0.3 is 0 Å². The van der Waals surface area contributed by atoms with Crippen molar-refractivity contribution in [3.8, 4) is 0 Å². The number of hydrogen-bond donors (Lipinski definition) is 1. The van der Waals surface area contributed by atoms with E-state index in [4.69, 9.17) is 9.47 Å². The lowest BCUT2D eigenvalue weighted by Crippen LogP contribution is -2.19. The minimum Gasteiger partial charge on any atom is -0.379 e. The molecule has 0 spiro atoms. The van der Waals surface area contributed by atoms with Crippen molar-refractivity contribution in [3.63, 3.8) is 0 Å². The highest BCUT2D eigenvalue weighted by Crippen LogP contribution is 2.19. The smallest absolute Gasteiger partial charge is 0.145 e. The average molecular weight is 347 g/mol. The number of carbonyl (C=O) groups excluding carboxylic acids is 1. The Morgan fingerprint density at radius 3 is 2.59 bits per heavy atom. The first kappa shape index (κ1) is 20.1. The van der Waals surface area contributed by atoms with Crippen LogP contribution in [0, 0.1) is 0 Å².